The number of unbranched alkanes of at least 4 members (excludes halogenated alkanes) is 34. The van der Waals surface area contributed by atoms with Crippen molar-refractivity contribution in [3.8, 4) is 0 Å². The summed E-state index contributed by atoms with van der Waals surface area (Å²) in [7, 11) is 0. The molecule has 470 valence electrons. The second-order valence-corrected chi connectivity index (χ2v) is 23.1. The van der Waals surface area contributed by atoms with Gasteiger partial charge < -0.3 is 45.1 Å². The van der Waals surface area contributed by atoms with Crippen molar-refractivity contribution >= 4 is 11.9 Å². The molecule has 1 amide bonds. The summed E-state index contributed by atoms with van der Waals surface area (Å²) in [6, 6.07) is -0.839. The number of hydrogen-bond donors (Lipinski definition) is 6. The number of carbonyl (C=O) groups excluding carboxylic acids is 2. The van der Waals surface area contributed by atoms with Crippen molar-refractivity contribution in [2.24, 2.45) is 0 Å². The van der Waals surface area contributed by atoms with E-state index in [4.69, 9.17) is 14.2 Å². The Morgan fingerprint density at radius 3 is 1.32 bits per heavy atom. The number of amides is 1. The van der Waals surface area contributed by atoms with Crippen LogP contribution >= 0.6 is 0 Å². The quantitative estimate of drug-likeness (QED) is 0.0195. The Labute approximate surface area is 496 Å². The average molecular weight is 1140 g/mol. The first-order valence-corrected chi connectivity index (χ1v) is 33.7. The first-order chi connectivity index (χ1) is 39.7. The number of carbonyl (C=O) groups is 2. The summed E-state index contributed by atoms with van der Waals surface area (Å²) < 4.78 is 16.7. The SMILES string of the molecule is CCCCC/C=C\CCCCCCCC(=O)OCCCCCCCCCCC/C=C\C/C=C\CCCCCCCCCCCCCC(=O)NC(COC1OC(CO)C(O)C(O)C1O)C(O)/C=C/CC/C=C/CC/C=C/CCCCCC. The monoisotopic (exact) mass is 1140 g/mol. The highest BCUT2D eigenvalue weighted by Gasteiger charge is 2.44. The lowest BCUT2D eigenvalue weighted by Crippen LogP contribution is -2.60. The fourth-order valence-electron chi connectivity index (χ4n) is 10.1. The summed E-state index contributed by atoms with van der Waals surface area (Å²) in [5.41, 5.74) is 0. The number of allylic oxidation sites excluding steroid dienone is 11. The molecule has 1 aliphatic rings. The van der Waals surface area contributed by atoms with E-state index in [0.717, 1.165) is 89.9 Å². The summed E-state index contributed by atoms with van der Waals surface area (Å²) in [4.78, 5) is 25.1. The van der Waals surface area contributed by atoms with Gasteiger partial charge in [-0.2, -0.15) is 0 Å². The van der Waals surface area contributed by atoms with Crippen molar-refractivity contribution in [2.75, 3.05) is 19.8 Å². The van der Waals surface area contributed by atoms with E-state index in [9.17, 15) is 35.1 Å². The summed E-state index contributed by atoms with van der Waals surface area (Å²) in [6.45, 7) is 4.28. The van der Waals surface area contributed by atoms with Crippen molar-refractivity contribution in [2.45, 2.75) is 339 Å². The molecule has 0 aromatic rings. The van der Waals surface area contributed by atoms with Gasteiger partial charge in [-0.1, -0.05) is 241 Å². The molecular formula is C70H125NO10. The normalized spacial score (nSPS) is 18.7. The lowest BCUT2D eigenvalue weighted by molar-refractivity contribution is -0.302. The van der Waals surface area contributed by atoms with E-state index < -0.39 is 49.5 Å². The minimum Gasteiger partial charge on any atom is -0.466 e. The summed E-state index contributed by atoms with van der Waals surface area (Å²) in [5.74, 6) is -0.211. The zero-order valence-electron chi connectivity index (χ0n) is 52.0. The van der Waals surface area contributed by atoms with Gasteiger partial charge in [0.15, 0.2) is 6.29 Å². The first-order valence-electron chi connectivity index (χ1n) is 33.7. The van der Waals surface area contributed by atoms with Gasteiger partial charge in [-0.25, -0.2) is 0 Å². The predicted octanol–water partition coefficient (Wildman–Crippen LogP) is 16.7. The summed E-state index contributed by atoms with van der Waals surface area (Å²) in [5, 5.41) is 54.4. The van der Waals surface area contributed by atoms with E-state index in [1.807, 2.05) is 6.08 Å². The minimum absolute atomic E-state index is 0.0103. The molecule has 0 aromatic heterocycles. The van der Waals surface area contributed by atoms with Crippen LogP contribution in [0.1, 0.15) is 296 Å². The molecule has 6 N–H and O–H groups in total. The van der Waals surface area contributed by atoms with Gasteiger partial charge in [-0.3, -0.25) is 9.59 Å². The largest absolute Gasteiger partial charge is 0.466 e. The van der Waals surface area contributed by atoms with Crippen molar-refractivity contribution in [1.82, 2.24) is 5.32 Å². The lowest BCUT2D eigenvalue weighted by Gasteiger charge is -2.40. The van der Waals surface area contributed by atoms with Gasteiger partial charge in [0.05, 0.1) is 32.0 Å². The third-order valence-electron chi connectivity index (χ3n) is 15.5. The Bertz CT molecular complexity index is 1580. The number of aliphatic hydroxyl groups is 5. The second-order valence-electron chi connectivity index (χ2n) is 23.1. The smallest absolute Gasteiger partial charge is 0.305 e. The molecule has 0 aliphatic carbocycles. The van der Waals surface area contributed by atoms with Crippen LogP contribution in [-0.4, -0.2) is 100 Å². The summed E-state index contributed by atoms with van der Waals surface area (Å²) in [6.07, 6.45) is 68.7. The maximum Gasteiger partial charge on any atom is 0.305 e. The Morgan fingerprint density at radius 1 is 0.457 bits per heavy atom. The summed E-state index contributed by atoms with van der Waals surface area (Å²) >= 11 is 0. The maximum atomic E-state index is 13.1. The molecule has 1 rings (SSSR count). The molecule has 0 radical (unpaired) electrons. The fourth-order valence-corrected chi connectivity index (χ4v) is 10.1. The molecule has 1 aliphatic heterocycles. The molecule has 7 atom stereocenters. The molecule has 11 nitrogen and oxygen atoms in total. The molecule has 0 aromatic carbocycles. The maximum absolute atomic E-state index is 13.1. The molecule has 7 unspecified atom stereocenters. The van der Waals surface area contributed by atoms with Crippen LogP contribution in [0.3, 0.4) is 0 Å². The second kappa shape index (κ2) is 58.9. The van der Waals surface area contributed by atoms with Crippen LogP contribution in [-0.2, 0) is 23.8 Å². The third kappa shape index (κ3) is 48.1. The highest BCUT2D eigenvalue weighted by atomic mass is 16.7. The number of rotatable bonds is 58. The van der Waals surface area contributed by atoms with Gasteiger partial charge >= 0.3 is 5.97 Å². The number of nitrogens with one attached hydrogen (secondary N) is 1. The standard InChI is InChI=1S/C70H125NO10/c1-3-5-7-9-11-13-15-17-33-36-40-44-48-52-56-63(73)62(61-80-70-69(78)68(77)67(76)64(60-72)81-70)71-65(74)57-53-49-45-41-37-34-31-29-27-25-23-21-19-18-20-22-24-26-28-30-32-35-39-43-47-51-55-59-79-66(75)58-54-50-46-42-38-16-14-12-10-8-6-4-2/h12-15,18-19,22,24,36,40,52,56,62-64,67-70,72-73,76-78H,3-11,16-17,20-21,23,25-35,37-39,41-51,53-55,57-61H2,1-2H3,(H,71,74)/b14-12-,15-13+,19-18-,24-22-,40-36+,56-52+. The number of hydrogen-bond acceptors (Lipinski definition) is 10. The molecule has 0 bridgehead atoms. The van der Waals surface area contributed by atoms with E-state index in [1.165, 1.54) is 180 Å². The third-order valence-corrected chi connectivity index (χ3v) is 15.5. The van der Waals surface area contributed by atoms with Gasteiger partial charge in [0.2, 0.25) is 5.91 Å². The van der Waals surface area contributed by atoms with Gasteiger partial charge in [0.1, 0.15) is 24.4 Å². The fraction of sp³-hybridized carbons (Fsp3) is 0.800. The van der Waals surface area contributed by atoms with Crippen molar-refractivity contribution in [3.05, 3.63) is 72.9 Å². The predicted molar refractivity (Wildman–Crippen MR) is 338 cm³/mol. The topological polar surface area (TPSA) is 175 Å². The molecule has 11 heteroatoms. The highest BCUT2D eigenvalue weighted by molar-refractivity contribution is 5.76. The van der Waals surface area contributed by atoms with E-state index in [1.54, 1.807) is 6.08 Å². The zero-order valence-corrected chi connectivity index (χ0v) is 52.0. The van der Waals surface area contributed by atoms with Gasteiger partial charge in [-0.15, -0.1) is 0 Å². The number of aliphatic hydroxyl groups excluding tert-OH is 5. The molecule has 1 fully saturated rings. The average Bonchev–Trinajstić information content (AvgIpc) is 3.51. The molecule has 1 saturated heterocycles. The van der Waals surface area contributed by atoms with Crippen LogP contribution < -0.4 is 5.32 Å². The molecule has 0 saturated carbocycles. The van der Waals surface area contributed by atoms with Gasteiger partial charge in [-0.05, 0) is 116 Å². The number of ether oxygens (including phenoxy) is 3. The molecule has 81 heavy (non-hydrogen) atoms. The Hall–Kier alpha value is -2.90. The van der Waals surface area contributed by atoms with E-state index >= 15 is 0 Å². The first kappa shape index (κ1) is 76.1. The van der Waals surface area contributed by atoms with Crippen LogP contribution in [0.4, 0.5) is 0 Å². The van der Waals surface area contributed by atoms with Crippen LogP contribution in [0.25, 0.3) is 0 Å². The lowest BCUT2D eigenvalue weighted by atomic mass is 9.99. The molecule has 0 spiro atoms. The van der Waals surface area contributed by atoms with Crippen molar-refractivity contribution < 1.29 is 49.3 Å². The van der Waals surface area contributed by atoms with Gasteiger partial charge in [0.25, 0.3) is 0 Å². The van der Waals surface area contributed by atoms with Crippen LogP contribution in [0.15, 0.2) is 72.9 Å². The minimum atomic E-state index is -1.58. The Balaban J connectivity index is 2.05. The van der Waals surface area contributed by atoms with Gasteiger partial charge in [0, 0.05) is 12.8 Å². The molecular weight excluding hydrogens is 1010 g/mol. The van der Waals surface area contributed by atoms with Crippen molar-refractivity contribution in [1.29, 1.82) is 0 Å². The van der Waals surface area contributed by atoms with Crippen LogP contribution in [0, 0.1) is 0 Å². The van der Waals surface area contributed by atoms with Crippen molar-refractivity contribution in [3.63, 3.8) is 0 Å². The van der Waals surface area contributed by atoms with E-state index in [0.29, 0.717) is 19.4 Å². The Kier molecular flexibility index (Phi) is 55.3. The highest BCUT2D eigenvalue weighted by Crippen LogP contribution is 2.23. The van der Waals surface area contributed by atoms with Crippen LogP contribution in [0.5, 0.6) is 0 Å². The Morgan fingerprint density at radius 2 is 0.840 bits per heavy atom. The number of esters is 1. The van der Waals surface area contributed by atoms with E-state index in [-0.39, 0.29) is 18.5 Å². The zero-order chi connectivity index (χ0) is 58.7. The molecule has 1 heterocycles. The van der Waals surface area contributed by atoms with Crippen LogP contribution in [0.2, 0.25) is 0 Å². The van der Waals surface area contributed by atoms with E-state index in [2.05, 4.69) is 79.9 Å².